The molecule has 0 radical (unpaired) electrons. The van der Waals surface area contributed by atoms with E-state index < -0.39 is 0 Å². The smallest absolute Gasteiger partial charge is 0.124 e. The fourth-order valence-electron chi connectivity index (χ4n) is 7.53. The molecule has 1 aliphatic carbocycles. The van der Waals surface area contributed by atoms with Crippen LogP contribution < -0.4 is 10.6 Å². The summed E-state index contributed by atoms with van der Waals surface area (Å²) in [6, 6.07) is 23.6. The number of hydrogen-bond donors (Lipinski definition) is 4. The Balaban J connectivity index is 1.11. The Labute approximate surface area is 247 Å². The van der Waals surface area contributed by atoms with Crippen molar-refractivity contribution in [2.45, 2.75) is 69.9 Å². The second-order valence-corrected chi connectivity index (χ2v) is 12.8. The van der Waals surface area contributed by atoms with Crippen molar-refractivity contribution in [3.8, 4) is 33.5 Å². The predicted molar refractivity (Wildman–Crippen MR) is 170 cm³/mol. The maximum Gasteiger partial charge on any atom is 0.124 e. The van der Waals surface area contributed by atoms with Crippen molar-refractivity contribution >= 4 is 11.0 Å². The predicted octanol–water partition coefficient (Wildman–Crippen LogP) is 8.04. The van der Waals surface area contributed by atoms with Crippen LogP contribution in [0.5, 0.6) is 0 Å². The van der Waals surface area contributed by atoms with Crippen molar-refractivity contribution in [3.63, 3.8) is 0 Å². The van der Waals surface area contributed by atoms with Crippen LogP contribution in [0.25, 0.3) is 44.5 Å². The van der Waals surface area contributed by atoms with E-state index >= 15 is 0 Å². The fraction of sp³-hybridized carbons (Fsp3) is 0.389. The highest BCUT2D eigenvalue weighted by atomic mass is 15.0. The van der Waals surface area contributed by atoms with Gasteiger partial charge in [-0.3, -0.25) is 0 Å². The first-order valence-electron chi connectivity index (χ1n) is 15.9. The molecule has 2 aromatic heterocycles. The summed E-state index contributed by atoms with van der Waals surface area (Å²) in [5.41, 5.74) is 11.1. The lowest BCUT2D eigenvalue weighted by Crippen LogP contribution is -2.14. The largest absolute Gasteiger partial charge is 0.341 e. The molecule has 3 aromatic carbocycles. The monoisotopic (exact) mass is 556 g/mol. The van der Waals surface area contributed by atoms with Gasteiger partial charge in [-0.15, -0.1) is 0 Å². The Morgan fingerprint density at radius 3 is 2.17 bits per heavy atom. The van der Waals surface area contributed by atoms with Gasteiger partial charge in [-0.1, -0.05) is 61.9 Å². The average Bonchev–Trinajstić information content (AvgIpc) is 3.85. The standard InChI is InChI=1S/C36H40N6/c1-22-6-7-26(18-22)29-19-25(23-8-10-24(11-9-23)34-21-39-35(42-34)31-4-2-16-37-31)12-14-28(29)27-13-15-30-33(20-27)41-36(40-30)32-5-3-17-38-32/h8-15,19-22,26,31-32,37-38H,2-7,16-18H2,1H3,(H,39,42)(H,40,41)/t22?,26?,31?,32-/m0/s1. The molecule has 4 heterocycles. The summed E-state index contributed by atoms with van der Waals surface area (Å²) < 4.78 is 0. The summed E-state index contributed by atoms with van der Waals surface area (Å²) in [5, 5.41) is 7.11. The van der Waals surface area contributed by atoms with Crippen LogP contribution >= 0.6 is 0 Å². The number of hydrogen-bond acceptors (Lipinski definition) is 4. The molecule has 1 saturated carbocycles. The third-order valence-electron chi connectivity index (χ3n) is 9.90. The highest BCUT2D eigenvalue weighted by Crippen LogP contribution is 2.44. The fourth-order valence-corrected chi connectivity index (χ4v) is 7.53. The molecule has 8 rings (SSSR count). The quantitative estimate of drug-likeness (QED) is 0.171. The molecule has 6 heteroatoms. The normalized spacial score (nSPS) is 24.2. The van der Waals surface area contributed by atoms with Gasteiger partial charge in [-0.2, -0.15) is 0 Å². The second kappa shape index (κ2) is 10.8. The number of aromatic nitrogens is 4. The zero-order valence-electron chi connectivity index (χ0n) is 24.4. The van der Waals surface area contributed by atoms with Crippen LogP contribution in [0.1, 0.15) is 87.1 Å². The van der Waals surface area contributed by atoms with E-state index in [1.165, 1.54) is 65.5 Å². The van der Waals surface area contributed by atoms with Crippen LogP contribution in [0.4, 0.5) is 0 Å². The van der Waals surface area contributed by atoms with Gasteiger partial charge in [0.15, 0.2) is 0 Å². The minimum Gasteiger partial charge on any atom is -0.341 e. The van der Waals surface area contributed by atoms with E-state index in [9.17, 15) is 0 Å². The molecule has 0 spiro atoms. The Morgan fingerprint density at radius 1 is 0.690 bits per heavy atom. The molecule has 5 aromatic rings. The van der Waals surface area contributed by atoms with Crippen LogP contribution in [-0.4, -0.2) is 33.0 Å². The van der Waals surface area contributed by atoms with Crippen molar-refractivity contribution in [1.82, 2.24) is 30.6 Å². The number of H-pyrrole nitrogens is 2. The first-order valence-corrected chi connectivity index (χ1v) is 15.9. The SMILES string of the molecule is CC1CCC(c2cc(-c3ccc(-c4cnc(C5CCCN5)[nH]4)cc3)ccc2-c2ccc3nc([C@@H]4CCCN4)[nH]c3c2)C1. The van der Waals surface area contributed by atoms with Crippen LogP contribution in [-0.2, 0) is 0 Å². The first kappa shape index (κ1) is 25.9. The van der Waals surface area contributed by atoms with Gasteiger partial charge in [0, 0.05) is 0 Å². The van der Waals surface area contributed by atoms with Crippen LogP contribution in [0.3, 0.4) is 0 Å². The molecule has 214 valence electrons. The highest BCUT2D eigenvalue weighted by Gasteiger charge is 2.26. The summed E-state index contributed by atoms with van der Waals surface area (Å²) in [6.07, 6.45) is 10.5. The number of aromatic amines is 2. The van der Waals surface area contributed by atoms with Crippen molar-refractivity contribution in [2.75, 3.05) is 13.1 Å². The van der Waals surface area contributed by atoms with E-state index in [0.717, 1.165) is 60.2 Å². The minimum atomic E-state index is 0.349. The summed E-state index contributed by atoms with van der Waals surface area (Å²) in [7, 11) is 0. The van der Waals surface area contributed by atoms with E-state index in [1.807, 2.05) is 6.20 Å². The van der Waals surface area contributed by atoms with Crippen molar-refractivity contribution < 1.29 is 0 Å². The summed E-state index contributed by atoms with van der Waals surface area (Å²) >= 11 is 0. The molecule has 3 unspecified atom stereocenters. The molecule has 4 atom stereocenters. The number of rotatable bonds is 6. The van der Waals surface area contributed by atoms with Gasteiger partial charge < -0.3 is 20.6 Å². The summed E-state index contributed by atoms with van der Waals surface area (Å²) in [6.45, 7) is 4.56. The molecule has 2 aliphatic heterocycles. The molecule has 3 aliphatic rings. The summed E-state index contributed by atoms with van der Waals surface area (Å²) in [5.74, 6) is 3.50. The second-order valence-electron chi connectivity index (χ2n) is 12.8. The van der Waals surface area contributed by atoms with E-state index in [1.54, 1.807) is 0 Å². The zero-order chi connectivity index (χ0) is 28.0. The van der Waals surface area contributed by atoms with E-state index in [0.29, 0.717) is 18.0 Å². The topological polar surface area (TPSA) is 81.4 Å². The van der Waals surface area contributed by atoms with Gasteiger partial charge >= 0.3 is 0 Å². The van der Waals surface area contributed by atoms with Crippen LogP contribution in [0, 0.1) is 5.92 Å². The Kier molecular flexibility index (Phi) is 6.69. The molecular weight excluding hydrogens is 516 g/mol. The summed E-state index contributed by atoms with van der Waals surface area (Å²) in [4.78, 5) is 16.8. The molecule has 0 amide bonds. The molecular formula is C36H40N6. The number of nitrogens with zero attached hydrogens (tertiary/aromatic N) is 2. The number of fused-ring (bicyclic) bond motifs is 1. The maximum absolute atomic E-state index is 4.92. The lowest BCUT2D eigenvalue weighted by molar-refractivity contribution is 0.597. The number of nitrogens with one attached hydrogen (secondary N) is 4. The van der Waals surface area contributed by atoms with Gasteiger partial charge in [0.25, 0.3) is 0 Å². The molecule has 6 nitrogen and oxygen atoms in total. The van der Waals surface area contributed by atoms with Crippen LogP contribution in [0.2, 0.25) is 0 Å². The molecule has 4 N–H and O–H groups in total. The van der Waals surface area contributed by atoms with Gasteiger partial charge in [0.1, 0.15) is 11.6 Å². The van der Waals surface area contributed by atoms with Gasteiger partial charge in [-0.05, 0) is 109 Å². The lowest BCUT2D eigenvalue weighted by Gasteiger charge is -2.18. The number of imidazole rings is 2. The third kappa shape index (κ3) is 4.87. The van der Waals surface area contributed by atoms with Crippen molar-refractivity contribution in [1.29, 1.82) is 0 Å². The van der Waals surface area contributed by atoms with Gasteiger partial charge in [-0.25, -0.2) is 9.97 Å². The first-order chi connectivity index (χ1) is 20.7. The van der Waals surface area contributed by atoms with E-state index in [2.05, 4.69) is 93.2 Å². The molecule has 2 saturated heterocycles. The molecule has 0 bridgehead atoms. The van der Waals surface area contributed by atoms with Gasteiger partial charge in [0.05, 0.1) is 35.0 Å². The Hall–Kier alpha value is -3.74. The third-order valence-corrected chi connectivity index (χ3v) is 9.90. The zero-order valence-corrected chi connectivity index (χ0v) is 24.4. The Bertz CT molecular complexity index is 1700. The van der Waals surface area contributed by atoms with Crippen molar-refractivity contribution in [2.24, 2.45) is 5.92 Å². The average molecular weight is 557 g/mol. The minimum absolute atomic E-state index is 0.349. The van der Waals surface area contributed by atoms with E-state index in [-0.39, 0.29) is 0 Å². The van der Waals surface area contributed by atoms with Crippen LogP contribution in [0.15, 0.2) is 66.9 Å². The van der Waals surface area contributed by atoms with Crippen molar-refractivity contribution in [3.05, 3.63) is 84.1 Å². The number of benzene rings is 3. The Morgan fingerprint density at radius 2 is 1.43 bits per heavy atom. The maximum atomic E-state index is 4.92. The lowest BCUT2D eigenvalue weighted by atomic mass is 9.86. The highest BCUT2D eigenvalue weighted by molar-refractivity contribution is 5.84. The molecule has 42 heavy (non-hydrogen) atoms. The molecule has 3 fully saturated rings. The van der Waals surface area contributed by atoms with Gasteiger partial charge in [0.2, 0.25) is 0 Å². The van der Waals surface area contributed by atoms with E-state index in [4.69, 9.17) is 4.98 Å².